The average Bonchev–Trinajstić information content (AvgIpc) is 2.63. The zero-order valence-corrected chi connectivity index (χ0v) is 8.53. The van der Waals surface area contributed by atoms with Crippen LogP contribution in [0.1, 0.15) is 12.5 Å². The molecular formula is C12H16N2. The summed E-state index contributed by atoms with van der Waals surface area (Å²) in [5, 5.41) is 3.13. The van der Waals surface area contributed by atoms with E-state index in [-0.39, 0.29) is 0 Å². The Morgan fingerprint density at radius 1 is 1.43 bits per heavy atom. The van der Waals surface area contributed by atoms with Gasteiger partial charge in [-0.2, -0.15) is 0 Å². The maximum absolute atomic E-state index is 3.16. The predicted octanol–water partition coefficient (Wildman–Crippen LogP) is 1.52. The van der Waals surface area contributed by atoms with Crippen LogP contribution in [0.4, 0.5) is 0 Å². The highest BCUT2D eigenvalue weighted by molar-refractivity contribution is 5.15. The van der Waals surface area contributed by atoms with Gasteiger partial charge in [-0.3, -0.25) is 10.2 Å². The van der Waals surface area contributed by atoms with Gasteiger partial charge in [-0.1, -0.05) is 30.3 Å². The molecular weight excluding hydrogens is 172 g/mol. The highest BCUT2D eigenvalue weighted by atomic mass is 15.3. The Labute approximate surface area is 85.9 Å². The summed E-state index contributed by atoms with van der Waals surface area (Å²) in [6.45, 7) is 7.46. The van der Waals surface area contributed by atoms with Gasteiger partial charge in [0.05, 0.1) is 0 Å². The molecule has 1 aliphatic heterocycles. The van der Waals surface area contributed by atoms with Gasteiger partial charge in [0.15, 0.2) is 0 Å². The SMILES string of the molecule is CC1CN[C]N1CCc1ccccc1. The lowest BCUT2D eigenvalue weighted by atomic mass is 10.1. The first-order valence-corrected chi connectivity index (χ1v) is 5.15. The minimum absolute atomic E-state index is 0.582. The van der Waals surface area contributed by atoms with Gasteiger partial charge in [0.1, 0.15) is 6.67 Å². The van der Waals surface area contributed by atoms with Crippen molar-refractivity contribution < 1.29 is 0 Å². The molecule has 1 aromatic carbocycles. The molecule has 1 aliphatic rings. The quantitative estimate of drug-likeness (QED) is 0.773. The van der Waals surface area contributed by atoms with E-state index in [1.807, 2.05) is 0 Å². The molecule has 1 N–H and O–H groups in total. The van der Waals surface area contributed by atoms with Gasteiger partial charge < -0.3 is 0 Å². The van der Waals surface area contributed by atoms with Gasteiger partial charge in [0.2, 0.25) is 0 Å². The van der Waals surface area contributed by atoms with Gasteiger partial charge in [-0.05, 0) is 18.9 Å². The van der Waals surface area contributed by atoms with Crippen LogP contribution in [0.25, 0.3) is 0 Å². The molecule has 2 heteroatoms. The molecule has 1 unspecified atom stereocenters. The molecule has 1 heterocycles. The Kier molecular flexibility index (Phi) is 3.17. The Hall–Kier alpha value is -0.860. The third-order valence-electron chi connectivity index (χ3n) is 2.64. The number of nitrogens with one attached hydrogen (secondary N) is 1. The molecule has 1 fully saturated rings. The van der Waals surface area contributed by atoms with E-state index in [1.165, 1.54) is 5.56 Å². The van der Waals surface area contributed by atoms with E-state index in [4.69, 9.17) is 0 Å². The summed E-state index contributed by atoms with van der Waals surface area (Å²) in [4.78, 5) is 2.24. The molecule has 2 nitrogen and oxygen atoms in total. The second kappa shape index (κ2) is 4.58. The van der Waals surface area contributed by atoms with Crippen molar-refractivity contribution in [3.8, 4) is 0 Å². The predicted molar refractivity (Wildman–Crippen MR) is 57.6 cm³/mol. The van der Waals surface area contributed by atoms with Crippen LogP contribution in [0, 0.1) is 6.67 Å². The molecule has 0 saturated carbocycles. The maximum atomic E-state index is 3.16. The molecule has 0 amide bonds. The van der Waals surface area contributed by atoms with Gasteiger partial charge in [-0.15, -0.1) is 0 Å². The zero-order valence-electron chi connectivity index (χ0n) is 8.53. The second-order valence-corrected chi connectivity index (χ2v) is 3.77. The molecule has 0 aliphatic carbocycles. The van der Waals surface area contributed by atoms with E-state index in [0.29, 0.717) is 6.04 Å². The van der Waals surface area contributed by atoms with Crippen LogP contribution in [0.2, 0.25) is 0 Å². The largest absolute Gasteiger partial charge is 0.292 e. The first kappa shape index (κ1) is 9.69. The summed E-state index contributed by atoms with van der Waals surface area (Å²) in [5.74, 6) is 0. The van der Waals surface area contributed by atoms with Crippen LogP contribution in [-0.2, 0) is 6.42 Å². The van der Waals surface area contributed by atoms with Gasteiger partial charge in [-0.25, -0.2) is 0 Å². The Morgan fingerprint density at radius 3 is 2.86 bits per heavy atom. The third kappa shape index (κ3) is 2.34. The minimum Gasteiger partial charge on any atom is -0.292 e. The number of benzene rings is 1. The van der Waals surface area contributed by atoms with Gasteiger partial charge >= 0.3 is 0 Å². The highest BCUT2D eigenvalue weighted by Crippen LogP contribution is 2.08. The van der Waals surface area contributed by atoms with Crippen molar-refractivity contribution in [2.75, 3.05) is 13.1 Å². The van der Waals surface area contributed by atoms with Crippen molar-refractivity contribution in [2.24, 2.45) is 0 Å². The van der Waals surface area contributed by atoms with E-state index in [0.717, 1.165) is 19.5 Å². The summed E-state index contributed by atoms with van der Waals surface area (Å²) in [7, 11) is 0. The highest BCUT2D eigenvalue weighted by Gasteiger charge is 2.20. The number of rotatable bonds is 3. The first-order valence-electron chi connectivity index (χ1n) is 5.15. The average molecular weight is 188 g/mol. The van der Waals surface area contributed by atoms with Crippen molar-refractivity contribution in [3.05, 3.63) is 42.6 Å². The van der Waals surface area contributed by atoms with Crippen molar-refractivity contribution in [3.63, 3.8) is 0 Å². The number of nitrogens with zero attached hydrogens (tertiary/aromatic N) is 1. The molecule has 1 atom stereocenters. The molecule has 2 radical (unpaired) electrons. The van der Waals surface area contributed by atoms with E-state index < -0.39 is 0 Å². The van der Waals surface area contributed by atoms with Crippen LogP contribution in [-0.4, -0.2) is 24.0 Å². The number of hydrogen-bond acceptors (Lipinski definition) is 2. The van der Waals surface area contributed by atoms with Crippen LogP contribution in [0.5, 0.6) is 0 Å². The van der Waals surface area contributed by atoms with Crippen molar-refractivity contribution in [1.29, 1.82) is 0 Å². The van der Waals surface area contributed by atoms with Crippen LogP contribution in [0.3, 0.4) is 0 Å². The van der Waals surface area contributed by atoms with Crippen molar-refractivity contribution in [2.45, 2.75) is 19.4 Å². The molecule has 1 aromatic rings. The third-order valence-corrected chi connectivity index (χ3v) is 2.64. The zero-order chi connectivity index (χ0) is 9.80. The normalized spacial score (nSPS) is 22.8. The monoisotopic (exact) mass is 188 g/mol. The smallest absolute Gasteiger partial charge is 0.143 e. The summed E-state index contributed by atoms with van der Waals surface area (Å²) in [6.07, 6.45) is 1.10. The van der Waals surface area contributed by atoms with E-state index in [1.54, 1.807) is 0 Å². The lowest BCUT2D eigenvalue weighted by molar-refractivity contribution is 0.316. The molecule has 0 bridgehead atoms. The van der Waals surface area contributed by atoms with Crippen molar-refractivity contribution in [1.82, 2.24) is 10.2 Å². The van der Waals surface area contributed by atoms with E-state index in [9.17, 15) is 0 Å². The molecule has 0 spiro atoms. The van der Waals surface area contributed by atoms with Crippen molar-refractivity contribution >= 4 is 0 Å². The first-order chi connectivity index (χ1) is 6.86. The number of hydrogen-bond donors (Lipinski definition) is 1. The summed E-state index contributed by atoms with van der Waals surface area (Å²) >= 11 is 0. The van der Waals surface area contributed by atoms with Crippen LogP contribution >= 0.6 is 0 Å². The van der Waals surface area contributed by atoms with Crippen LogP contribution in [0.15, 0.2) is 30.3 Å². The second-order valence-electron chi connectivity index (χ2n) is 3.77. The van der Waals surface area contributed by atoms with Gasteiger partial charge in [0, 0.05) is 19.1 Å². The summed E-state index contributed by atoms with van der Waals surface area (Å²) in [6, 6.07) is 11.2. The summed E-state index contributed by atoms with van der Waals surface area (Å²) in [5.41, 5.74) is 1.40. The maximum Gasteiger partial charge on any atom is 0.143 e. The Balaban J connectivity index is 1.82. The molecule has 14 heavy (non-hydrogen) atoms. The molecule has 0 aromatic heterocycles. The van der Waals surface area contributed by atoms with E-state index in [2.05, 4.69) is 54.1 Å². The Bertz CT molecular complexity index is 271. The standard InChI is InChI=1S/C12H16N2/c1-11-9-13-10-14(11)8-7-12-5-3-2-4-6-12/h2-6,11,13H,7-9H2,1H3. The molecule has 1 saturated heterocycles. The fourth-order valence-corrected chi connectivity index (χ4v) is 1.69. The minimum atomic E-state index is 0.582. The fourth-order valence-electron chi connectivity index (χ4n) is 1.69. The van der Waals surface area contributed by atoms with Gasteiger partial charge in [0.25, 0.3) is 0 Å². The topological polar surface area (TPSA) is 15.3 Å². The Morgan fingerprint density at radius 2 is 2.21 bits per heavy atom. The van der Waals surface area contributed by atoms with E-state index >= 15 is 0 Å². The fraction of sp³-hybridized carbons (Fsp3) is 0.417. The lowest BCUT2D eigenvalue weighted by Crippen LogP contribution is -2.27. The summed E-state index contributed by atoms with van der Waals surface area (Å²) < 4.78 is 0. The van der Waals surface area contributed by atoms with Crippen LogP contribution < -0.4 is 5.32 Å². The molecule has 74 valence electrons. The molecule has 2 rings (SSSR count). The lowest BCUT2D eigenvalue weighted by Gasteiger charge is -2.18.